The van der Waals surface area contributed by atoms with Crippen LogP contribution in [-0.2, 0) is 0 Å². The summed E-state index contributed by atoms with van der Waals surface area (Å²) in [5.74, 6) is 0. The van der Waals surface area contributed by atoms with E-state index in [1.807, 2.05) is 0 Å². The Labute approximate surface area is 242 Å². The summed E-state index contributed by atoms with van der Waals surface area (Å²) in [5.41, 5.74) is 11.0. The van der Waals surface area contributed by atoms with Crippen LogP contribution in [0.25, 0.3) is 22.8 Å². The van der Waals surface area contributed by atoms with Gasteiger partial charge >= 0.3 is 0 Å². The third-order valence-corrected chi connectivity index (χ3v) is 7.90. The molecule has 1 aliphatic rings. The van der Waals surface area contributed by atoms with Crippen molar-refractivity contribution in [2.45, 2.75) is 0 Å². The summed E-state index contributed by atoms with van der Waals surface area (Å²) in [6.07, 6.45) is 2.16. The minimum Gasteiger partial charge on any atom is -0.355 e. The van der Waals surface area contributed by atoms with Crippen molar-refractivity contribution in [1.29, 1.82) is 0 Å². The van der Waals surface area contributed by atoms with Gasteiger partial charge in [-0.2, -0.15) is 0 Å². The first kappa shape index (κ1) is 24.1. The lowest BCUT2D eigenvalue weighted by Crippen LogP contribution is -2.18. The van der Waals surface area contributed by atoms with Gasteiger partial charge < -0.3 is 19.9 Å². The van der Waals surface area contributed by atoms with Gasteiger partial charge in [-0.15, -0.1) is 0 Å². The van der Waals surface area contributed by atoms with Gasteiger partial charge in [0.2, 0.25) is 0 Å². The van der Waals surface area contributed by atoms with Crippen LogP contribution in [0, 0.1) is 0 Å². The number of benzene rings is 3. The molecule has 8 bridgehead atoms. The lowest BCUT2D eigenvalue weighted by atomic mass is 10.0. The fourth-order valence-electron chi connectivity index (χ4n) is 6.01. The van der Waals surface area contributed by atoms with Gasteiger partial charge in [-0.05, 0) is 71.3 Å². The second kappa shape index (κ2) is 10.0. The van der Waals surface area contributed by atoms with E-state index in [0.29, 0.717) is 0 Å². The summed E-state index contributed by atoms with van der Waals surface area (Å²) >= 11 is 0. The van der Waals surface area contributed by atoms with E-state index in [4.69, 9.17) is 0 Å². The maximum atomic E-state index is 3.80. The molecular weight excluding hydrogens is 512 g/mol. The molecule has 0 spiro atoms. The van der Waals surface area contributed by atoms with Gasteiger partial charge in [-0.25, -0.2) is 0 Å². The average molecular weight is 541 g/mol. The fraction of sp³-hybridized carbons (Fsp3) is 0. The second-order valence-electron chi connectivity index (χ2n) is 10.6. The molecule has 1 aliphatic heterocycles. The zero-order valence-corrected chi connectivity index (χ0v) is 22.9. The molecule has 4 aromatic heterocycles. The Morgan fingerprint density at radius 1 is 0.310 bits per heavy atom. The van der Waals surface area contributed by atoms with Gasteiger partial charge in [0.1, 0.15) is 0 Å². The first-order valence-electron chi connectivity index (χ1n) is 14.2. The molecule has 42 heavy (non-hydrogen) atoms. The molecule has 5 heterocycles. The minimum atomic E-state index is 1.03. The molecule has 200 valence electrons. The van der Waals surface area contributed by atoms with E-state index in [-0.39, 0.29) is 0 Å². The first-order chi connectivity index (χ1) is 20.8. The molecule has 4 heteroatoms. The van der Waals surface area contributed by atoms with Crippen molar-refractivity contribution in [1.82, 2.24) is 19.9 Å². The van der Waals surface area contributed by atoms with Crippen LogP contribution in [0.15, 0.2) is 140 Å². The number of hydrogen-bond donors (Lipinski definition) is 4. The lowest BCUT2D eigenvalue weighted by molar-refractivity contribution is 1.19. The van der Waals surface area contributed by atoms with Crippen molar-refractivity contribution in [3.05, 3.63) is 200 Å². The summed E-state index contributed by atoms with van der Waals surface area (Å²) in [6, 6.07) is 49.1. The molecule has 0 fully saturated rings. The summed E-state index contributed by atoms with van der Waals surface area (Å²) < 4.78 is 0. The van der Waals surface area contributed by atoms with Gasteiger partial charge in [0.05, 0.1) is 0 Å². The third kappa shape index (κ3) is 4.27. The molecule has 0 aliphatic carbocycles. The molecule has 3 aromatic carbocycles. The molecule has 4 nitrogen and oxygen atoms in total. The van der Waals surface area contributed by atoms with E-state index < -0.39 is 0 Å². The van der Waals surface area contributed by atoms with Crippen molar-refractivity contribution in [2.24, 2.45) is 0 Å². The van der Waals surface area contributed by atoms with Crippen LogP contribution in [0.5, 0.6) is 0 Å². The Balaban J connectivity index is 1.50. The van der Waals surface area contributed by atoms with E-state index >= 15 is 0 Å². The highest BCUT2D eigenvalue weighted by atomic mass is 14.8. The normalized spacial score (nSPS) is 12.8. The average Bonchev–Trinajstić information content (AvgIpc) is 3.86. The molecule has 0 saturated heterocycles. The van der Waals surface area contributed by atoms with E-state index in [1.54, 1.807) is 0 Å². The molecule has 0 radical (unpaired) electrons. The van der Waals surface area contributed by atoms with E-state index in [0.717, 1.165) is 77.6 Å². The third-order valence-electron chi connectivity index (χ3n) is 7.90. The topological polar surface area (TPSA) is 63.2 Å². The first-order valence-corrected chi connectivity index (χ1v) is 14.2. The molecule has 0 amide bonds. The van der Waals surface area contributed by atoms with Crippen LogP contribution in [0.3, 0.4) is 0 Å². The molecule has 7 aromatic rings. The van der Waals surface area contributed by atoms with Crippen LogP contribution < -0.4 is 21.4 Å². The number of rotatable bonds is 3. The number of H-pyrrole nitrogens is 4. The number of aromatic amines is 4. The molecule has 0 saturated carbocycles. The number of aromatic nitrogens is 4. The molecular formula is C38H28N4. The van der Waals surface area contributed by atoms with Crippen molar-refractivity contribution < 1.29 is 0 Å². The van der Waals surface area contributed by atoms with Gasteiger partial charge in [0, 0.05) is 60.9 Å². The van der Waals surface area contributed by atoms with E-state index in [1.165, 1.54) is 0 Å². The van der Waals surface area contributed by atoms with Crippen LogP contribution in [0.2, 0.25) is 0 Å². The quantitative estimate of drug-likeness (QED) is 0.247. The van der Waals surface area contributed by atoms with Crippen molar-refractivity contribution >= 4 is 22.8 Å². The predicted octanol–water partition coefficient (Wildman–Crippen LogP) is 4.88. The lowest BCUT2D eigenvalue weighted by Gasteiger charge is -2.08. The number of hydrogen-bond acceptors (Lipinski definition) is 0. The SMILES string of the molecule is C1=c2ccc([nH]2)=C(c2ccccc2)c2ccc([nH]2)C(c2ccccc2)=c2ccc([nH]2)=C(c2ccccc2)c2ccc1[nH]2. The van der Waals surface area contributed by atoms with Crippen molar-refractivity contribution in [3.63, 3.8) is 0 Å². The fourth-order valence-corrected chi connectivity index (χ4v) is 6.01. The summed E-state index contributed by atoms with van der Waals surface area (Å²) in [5, 5.41) is 4.19. The van der Waals surface area contributed by atoms with Gasteiger partial charge in [0.25, 0.3) is 0 Å². The maximum absolute atomic E-state index is 3.80. The Bertz CT molecular complexity index is 2280. The predicted molar refractivity (Wildman–Crippen MR) is 169 cm³/mol. The summed E-state index contributed by atoms with van der Waals surface area (Å²) in [6.45, 7) is 0. The van der Waals surface area contributed by atoms with Crippen molar-refractivity contribution in [2.75, 3.05) is 0 Å². The smallest absolute Gasteiger partial charge is 0.0485 e. The molecule has 0 atom stereocenters. The number of fused-ring (bicyclic) bond motifs is 8. The van der Waals surface area contributed by atoms with Gasteiger partial charge in [-0.3, -0.25) is 0 Å². The summed E-state index contributed by atoms with van der Waals surface area (Å²) in [4.78, 5) is 14.9. The monoisotopic (exact) mass is 540 g/mol. The Hall–Kier alpha value is -5.74. The Morgan fingerprint density at radius 3 is 1.26 bits per heavy atom. The summed E-state index contributed by atoms with van der Waals surface area (Å²) in [7, 11) is 0. The van der Waals surface area contributed by atoms with Crippen LogP contribution >= 0.6 is 0 Å². The molecule has 0 unspecified atom stereocenters. The van der Waals surface area contributed by atoms with Gasteiger partial charge in [0.15, 0.2) is 0 Å². The Kier molecular flexibility index (Phi) is 5.75. The van der Waals surface area contributed by atoms with Gasteiger partial charge in [-0.1, -0.05) is 91.0 Å². The standard InChI is InChI=1S/C38H28N4/c1-4-10-25(11-5-1)36-30-18-16-28(39-30)24-29-17-19-31(40-29)37(26-12-6-2-7-13-26)33-21-23-35(42-33)38(27-14-8-3-9-15-27)34-22-20-32(36)41-34/h1-24,39-42H. The largest absolute Gasteiger partial charge is 0.355 e. The highest BCUT2D eigenvalue weighted by molar-refractivity contribution is 5.82. The molecule has 8 rings (SSSR count). The molecule has 4 N–H and O–H groups in total. The maximum Gasteiger partial charge on any atom is 0.0485 e. The van der Waals surface area contributed by atoms with Crippen LogP contribution in [-0.4, -0.2) is 19.9 Å². The highest BCUT2D eigenvalue weighted by Crippen LogP contribution is 2.25. The zero-order chi connectivity index (χ0) is 27.9. The van der Waals surface area contributed by atoms with E-state index in [9.17, 15) is 0 Å². The number of nitrogens with one attached hydrogen (secondary N) is 4. The van der Waals surface area contributed by atoms with Crippen molar-refractivity contribution in [3.8, 4) is 0 Å². The Morgan fingerprint density at radius 2 is 0.738 bits per heavy atom. The second-order valence-corrected chi connectivity index (χ2v) is 10.6. The van der Waals surface area contributed by atoms with Crippen LogP contribution in [0.1, 0.15) is 39.5 Å². The zero-order valence-electron chi connectivity index (χ0n) is 22.9. The minimum absolute atomic E-state index is 1.03. The van der Waals surface area contributed by atoms with E-state index in [2.05, 4.69) is 166 Å². The highest BCUT2D eigenvalue weighted by Gasteiger charge is 2.15. The van der Waals surface area contributed by atoms with Crippen LogP contribution in [0.4, 0.5) is 0 Å².